The van der Waals surface area contributed by atoms with Gasteiger partial charge in [-0.1, -0.05) is 26.9 Å². The van der Waals surface area contributed by atoms with Gasteiger partial charge in [0.1, 0.15) is 0 Å². The van der Waals surface area contributed by atoms with Crippen LogP contribution < -0.4 is 0 Å². The van der Waals surface area contributed by atoms with Gasteiger partial charge in [0.25, 0.3) is 0 Å². The van der Waals surface area contributed by atoms with E-state index in [0.717, 1.165) is 5.92 Å². The molecule has 0 spiro atoms. The van der Waals surface area contributed by atoms with Crippen molar-refractivity contribution in [2.24, 2.45) is 11.3 Å². The predicted octanol–water partition coefficient (Wildman–Crippen LogP) is 4.28. The Morgan fingerprint density at radius 1 is 1.38 bits per heavy atom. The summed E-state index contributed by atoms with van der Waals surface area (Å²) in [5.74, 6) is 0.755. The fourth-order valence-electron chi connectivity index (χ4n) is 2.48. The molecule has 1 fully saturated rings. The van der Waals surface area contributed by atoms with Crippen molar-refractivity contribution in [3.8, 4) is 0 Å². The van der Waals surface area contributed by atoms with Crippen LogP contribution in [-0.4, -0.2) is 12.7 Å². The predicted molar refractivity (Wildman–Crippen MR) is 67.5 cm³/mol. The average Bonchev–Trinajstić information content (AvgIpc) is 2.20. The molecule has 2 unspecified atom stereocenters. The van der Waals surface area contributed by atoms with Crippen LogP contribution in [0.25, 0.3) is 0 Å². The quantitative estimate of drug-likeness (QED) is 0.707. The van der Waals surface area contributed by atoms with Gasteiger partial charge in [0, 0.05) is 32.7 Å². The Bertz CT molecular complexity index is 157. The van der Waals surface area contributed by atoms with Crippen LogP contribution in [0, 0.1) is 25.2 Å². The van der Waals surface area contributed by atoms with Gasteiger partial charge in [0.2, 0.25) is 0 Å². The van der Waals surface area contributed by atoms with Gasteiger partial charge in [-0.2, -0.15) is 6.92 Å². The van der Waals surface area contributed by atoms with Crippen molar-refractivity contribution in [3.63, 3.8) is 0 Å². The third kappa shape index (κ3) is 7.40. The van der Waals surface area contributed by atoms with E-state index in [0.29, 0.717) is 18.1 Å². The molecule has 0 bridgehead atoms. The summed E-state index contributed by atoms with van der Waals surface area (Å²) in [6.07, 6.45) is 5.79. The maximum absolute atomic E-state index is 5.56. The summed E-state index contributed by atoms with van der Waals surface area (Å²) in [7, 11) is 0. The Kier molecular flexibility index (Phi) is 12.2. The van der Waals surface area contributed by atoms with Gasteiger partial charge < -0.3 is 18.6 Å². The molecule has 1 radical (unpaired) electrons. The molecule has 2 atom stereocenters. The first-order chi connectivity index (χ1) is 7.05. The summed E-state index contributed by atoms with van der Waals surface area (Å²) in [5.41, 5.74) is 0.529. The summed E-state index contributed by atoms with van der Waals surface area (Å²) < 4.78 is 5.56. The van der Waals surface area contributed by atoms with Crippen LogP contribution >= 0.6 is 0 Å². The van der Waals surface area contributed by atoms with Crippen molar-refractivity contribution in [2.45, 2.75) is 59.5 Å². The Hall–Kier alpha value is 1.06. The van der Waals surface area contributed by atoms with E-state index >= 15 is 0 Å². The molecule has 0 N–H and O–H groups in total. The van der Waals surface area contributed by atoms with Gasteiger partial charge in [-0.05, 0) is 37.5 Å². The second-order valence-electron chi connectivity index (χ2n) is 5.10. The van der Waals surface area contributed by atoms with Gasteiger partial charge in [-0.3, -0.25) is 0 Å². The normalized spacial score (nSPS) is 24.8. The van der Waals surface area contributed by atoms with Crippen LogP contribution in [0.2, 0.25) is 0 Å². The monoisotopic (exact) mass is 301 g/mol. The molecule has 1 aliphatic rings. The molecule has 0 amide bonds. The van der Waals surface area contributed by atoms with Crippen LogP contribution in [0.5, 0.6) is 0 Å². The van der Waals surface area contributed by atoms with E-state index in [1.54, 1.807) is 6.92 Å². The van der Waals surface area contributed by atoms with E-state index in [1.807, 2.05) is 0 Å². The minimum absolute atomic E-state index is 0. The van der Waals surface area contributed by atoms with Gasteiger partial charge in [0.05, 0.1) is 6.10 Å². The van der Waals surface area contributed by atoms with Gasteiger partial charge in [-0.25, -0.2) is 0 Å². The SMILES string of the molecule is [CH2-]C.[CH2-]COC(C)C1CCCC(C)(C)C1.[Y]. The van der Waals surface area contributed by atoms with Crippen LogP contribution in [0.1, 0.15) is 53.4 Å². The molecular formula is C14H28OY-2. The minimum Gasteiger partial charge on any atom is -0.410 e. The molecule has 95 valence electrons. The second kappa shape index (κ2) is 10.0. The van der Waals surface area contributed by atoms with Crippen molar-refractivity contribution in [1.29, 1.82) is 0 Å². The smallest absolute Gasteiger partial charge is 0.0539 e. The Morgan fingerprint density at radius 3 is 2.38 bits per heavy atom. The molecule has 1 saturated carbocycles. The van der Waals surface area contributed by atoms with E-state index in [2.05, 4.69) is 34.6 Å². The topological polar surface area (TPSA) is 9.23 Å². The Labute approximate surface area is 128 Å². The van der Waals surface area contributed by atoms with E-state index < -0.39 is 0 Å². The van der Waals surface area contributed by atoms with Crippen molar-refractivity contribution >= 4 is 0 Å². The zero-order chi connectivity index (χ0) is 11.9. The maximum atomic E-state index is 5.56. The van der Waals surface area contributed by atoms with E-state index in [9.17, 15) is 0 Å². The molecular weight excluding hydrogens is 273 g/mol. The first-order valence-corrected chi connectivity index (χ1v) is 6.17. The number of rotatable bonds is 3. The Balaban J connectivity index is 0. The first kappa shape index (κ1) is 19.4. The summed E-state index contributed by atoms with van der Waals surface area (Å²) in [6, 6.07) is 0. The fraction of sp³-hybridized carbons (Fsp3) is 0.857. The fourth-order valence-corrected chi connectivity index (χ4v) is 2.48. The minimum atomic E-state index is 0. The first-order valence-electron chi connectivity index (χ1n) is 6.17. The van der Waals surface area contributed by atoms with Crippen molar-refractivity contribution in [3.05, 3.63) is 13.8 Å². The van der Waals surface area contributed by atoms with E-state index in [1.165, 1.54) is 25.7 Å². The molecule has 2 heteroatoms. The van der Waals surface area contributed by atoms with Gasteiger partial charge >= 0.3 is 0 Å². The molecule has 0 aromatic carbocycles. The van der Waals surface area contributed by atoms with Crippen molar-refractivity contribution < 1.29 is 37.4 Å². The molecule has 0 aromatic heterocycles. The Morgan fingerprint density at radius 2 is 1.94 bits per heavy atom. The van der Waals surface area contributed by atoms with E-state index in [-0.39, 0.29) is 32.7 Å². The van der Waals surface area contributed by atoms with Crippen LogP contribution in [0.15, 0.2) is 0 Å². The summed E-state index contributed by atoms with van der Waals surface area (Å²) in [4.78, 5) is 0. The molecule has 0 aliphatic heterocycles. The maximum Gasteiger partial charge on any atom is 0.0539 e. The van der Waals surface area contributed by atoms with Gasteiger partial charge in [0.15, 0.2) is 0 Å². The summed E-state index contributed by atoms with van der Waals surface area (Å²) in [6.45, 7) is 16.3. The molecule has 0 saturated heterocycles. The molecule has 0 aromatic rings. The molecule has 1 aliphatic carbocycles. The molecule has 16 heavy (non-hydrogen) atoms. The van der Waals surface area contributed by atoms with Crippen LogP contribution in [0.3, 0.4) is 0 Å². The average molecular weight is 301 g/mol. The summed E-state index contributed by atoms with van der Waals surface area (Å²) >= 11 is 0. The molecule has 0 heterocycles. The number of hydrogen-bond acceptors (Lipinski definition) is 1. The largest absolute Gasteiger partial charge is 0.410 e. The summed E-state index contributed by atoms with van der Waals surface area (Å²) in [5, 5.41) is 0. The molecule has 1 rings (SSSR count). The standard InChI is InChI=1S/C12H23O.C2H5.Y/c1-5-13-10(2)11-7-6-8-12(3,4)9-11;1-2;/h10-11H,1,5-9H2,2-4H3;1H2,2H3;/q2*-1;. The van der Waals surface area contributed by atoms with Crippen molar-refractivity contribution in [2.75, 3.05) is 6.61 Å². The van der Waals surface area contributed by atoms with Crippen molar-refractivity contribution in [1.82, 2.24) is 0 Å². The third-order valence-corrected chi connectivity index (χ3v) is 3.29. The number of hydrogen-bond donors (Lipinski definition) is 0. The van der Waals surface area contributed by atoms with E-state index in [4.69, 9.17) is 4.74 Å². The van der Waals surface area contributed by atoms with Crippen LogP contribution in [0.4, 0.5) is 0 Å². The number of ether oxygens (including phenoxy) is 1. The second-order valence-corrected chi connectivity index (χ2v) is 5.10. The van der Waals surface area contributed by atoms with Crippen LogP contribution in [-0.2, 0) is 37.4 Å². The zero-order valence-corrected chi connectivity index (χ0v) is 14.4. The molecule has 1 nitrogen and oxygen atoms in total. The zero-order valence-electron chi connectivity index (χ0n) is 11.6. The van der Waals surface area contributed by atoms with Gasteiger partial charge in [-0.15, -0.1) is 0 Å². The third-order valence-electron chi connectivity index (χ3n) is 3.29.